The predicted octanol–water partition coefficient (Wildman–Crippen LogP) is 0.272. The molecule has 1 heterocycles. The van der Waals surface area contributed by atoms with E-state index >= 15 is 0 Å². The monoisotopic (exact) mass is 417 g/mol. The van der Waals surface area contributed by atoms with Crippen molar-refractivity contribution in [2.45, 2.75) is 13.8 Å². The van der Waals surface area contributed by atoms with E-state index in [4.69, 9.17) is 4.18 Å². The van der Waals surface area contributed by atoms with Crippen LogP contribution in [-0.4, -0.2) is 44.1 Å². The van der Waals surface area contributed by atoms with Gasteiger partial charge in [0.1, 0.15) is 11.6 Å². The highest BCUT2D eigenvalue weighted by Gasteiger charge is 2.21. The molecule has 0 spiro atoms. The Morgan fingerprint density at radius 2 is 1.44 bits per heavy atom. The van der Waals surface area contributed by atoms with Crippen molar-refractivity contribution in [3.05, 3.63) is 35.9 Å². The molecule has 0 radical (unpaired) electrons. The molecular formula is C13H15N5O7S2. The molecule has 1 aromatic heterocycles. The van der Waals surface area contributed by atoms with Crippen molar-refractivity contribution in [2.75, 3.05) is 11.6 Å². The number of nitrogens with zero attached hydrogens (tertiary/aromatic N) is 3. The summed E-state index contributed by atoms with van der Waals surface area (Å²) in [6.45, 7) is 3.13. The minimum absolute atomic E-state index is 0.159. The number of urea groups is 1. The van der Waals surface area contributed by atoms with Gasteiger partial charge in [-0.05, 0) is 26.0 Å². The maximum absolute atomic E-state index is 12.0. The second kappa shape index (κ2) is 7.71. The smallest absolute Gasteiger partial charge is 0.379 e. The molecule has 0 atom stereocenters. The lowest BCUT2D eigenvalue weighted by atomic mass is 10.3. The number of para-hydroxylation sites is 2. The SMILES string of the molecule is Cc1nc(C)nc(NC(=O)NS(=O)(=O)Oc2ccccc2OS(C)(=O)=O)n1. The van der Waals surface area contributed by atoms with Gasteiger partial charge in [0.15, 0.2) is 11.5 Å². The van der Waals surface area contributed by atoms with Crippen LogP contribution < -0.4 is 18.4 Å². The van der Waals surface area contributed by atoms with Crippen LogP contribution in [0.25, 0.3) is 0 Å². The zero-order chi connectivity index (χ0) is 20.2. The van der Waals surface area contributed by atoms with Crippen molar-refractivity contribution in [3.63, 3.8) is 0 Å². The second-order valence-electron chi connectivity index (χ2n) is 5.08. The largest absolute Gasteiger partial charge is 0.411 e. The first-order valence-corrected chi connectivity index (χ1v) is 10.4. The quantitative estimate of drug-likeness (QED) is 0.623. The summed E-state index contributed by atoms with van der Waals surface area (Å²) in [6.07, 6.45) is 0.780. The van der Waals surface area contributed by atoms with Crippen LogP contribution in [0.3, 0.4) is 0 Å². The van der Waals surface area contributed by atoms with Gasteiger partial charge in [0, 0.05) is 0 Å². The van der Waals surface area contributed by atoms with E-state index in [0.717, 1.165) is 12.3 Å². The molecule has 0 aliphatic carbocycles. The summed E-state index contributed by atoms with van der Waals surface area (Å²) in [7, 11) is -8.58. The molecule has 2 N–H and O–H groups in total. The van der Waals surface area contributed by atoms with E-state index in [1.807, 2.05) is 0 Å². The second-order valence-corrected chi connectivity index (χ2v) is 7.94. The zero-order valence-electron chi connectivity index (χ0n) is 14.3. The first kappa shape index (κ1) is 20.3. The molecule has 1 aromatic carbocycles. The topological polar surface area (TPSA) is 167 Å². The van der Waals surface area contributed by atoms with Crippen molar-refractivity contribution in [2.24, 2.45) is 0 Å². The van der Waals surface area contributed by atoms with Crippen molar-refractivity contribution in [1.82, 2.24) is 19.7 Å². The minimum atomic E-state index is -4.66. The number of rotatable bonds is 6. The lowest BCUT2D eigenvalue weighted by molar-refractivity contribution is 0.255. The number of benzene rings is 1. The number of nitrogens with one attached hydrogen (secondary N) is 2. The van der Waals surface area contributed by atoms with Crippen LogP contribution in [0.1, 0.15) is 11.6 Å². The molecule has 2 aromatic rings. The lowest BCUT2D eigenvalue weighted by Gasteiger charge is -2.12. The van der Waals surface area contributed by atoms with E-state index < -0.39 is 32.2 Å². The van der Waals surface area contributed by atoms with Gasteiger partial charge >= 0.3 is 26.5 Å². The summed E-state index contributed by atoms with van der Waals surface area (Å²) in [6, 6.07) is 3.93. The Labute approximate surface area is 155 Å². The van der Waals surface area contributed by atoms with E-state index in [1.165, 1.54) is 18.2 Å². The Morgan fingerprint density at radius 3 is 1.96 bits per heavy atom. The highest BCUT2D eigenvalue weighted by Crippen LogP contribution is 2.28. The Bertz CT molecular complexity index is 1050. The van der Waals surface area contributed by atoms with Crippen LogP contribution in [-0.2, 0) is 20.4 Å². The number of aryl methyl sites for hydroxylation is 2. The Kier molecular flexibility index (Phi) is 5.80. The summed E-state index contributed by atoms with van der Waals surface area (Å²) in [5.41, 5.74) is 0. The third-order valence-corrected chi connectivity index (χ3v) is 3.91. The molecule has 2 amide bonds. The van der Waals surface area contributed by atoms with Gasteiger partial charge in [-0.1, -0.05) is 12.1 Å². The number of amides is 2. The third-order valence-electron chi connectivity index (χ3n) is 2.59. The fraction of sp³-hybridized carbons (Fsp3) is 0.231. The van der Waals surface area contributed by atoms with Gasteiger partial charge in [-0.15, -0.1) is 0 Å². The van der Waals surface area contributed by atoms with Crippen LogP contribution in [0, 0.1) is 13.8 Å². The molecule has 0 saturated heterocycles. The molecular weight excluding hydrogens is 402 g/mol. The van der Waals surface area contributed by atoms with Crippen LogP contribution in [0.2, 0.25) is 0 Å². The molecule has 0 aliphatic rings. The normalized spacial score (nSPS) is 11.5. The number of anilines is 1. The summed E-state index contributed by atoms with van der Waals surface area (Å²) >= 11 is 0. The Balaban J connectivity index is 2.12. The molecule has 0 unspecified atom stereocenters. The standard InChI is InChI=1S/C13H15N5O7S2/c1-8-14-9(2)16-12(15-8)17-13(19)18-27(22,23)25-11-7-5-4-6-10(11)24-26(3,20)21/h4-7H,1-3H3,(H2,14,15,16,17,18,19). The number of carbonyl (C=O) groups is 1. The maximum Gasteiger partial charge on any atom is 0.411 e. The number of carbonyl (C=O) groups excluding carboxylic acids is 1. The van der Waals surface area contributed by atoms with E-state index in [2.05, 4.69) is 24.5 Å². The van der Waals surface area contributed by atoms with E-state index in [1.54, 1.807) is 18.6 Å². The van der Waals surface area contributed by atoms with Crippen molar-refractivity contribution in [3.8, 4) is 11.5 Å². The highest BCUT2D eigenvalue weighted by atomic mass is 32.2. The lowest BCUT2D eigenvalue weighted by Crippen LogP contribution is -2.37. The number of aromatic nitrogens is 3. The molecule has 0 saturated carbocycles. The van der Waals surface area contributed by atoms with Gasteiger partial charge in [-0.2, -0.15) is 26.8 Å². The van der Waals surface area contributed by atoms with Crippen molar-refractivity contribution < 1.29 is 30.0 Å². The molecule has 0 aliphatic heterocycles. The summed E-state index contributed by atoms with van der Waals surface area (Å²) in [4.78, 5) is 23.4. The van der Waals surface area contributed by atoms with Crippen molar-refractivity contribution >= 4 is 32.4 Å². The van der Waals surface area contributed by atoms with Gasteiger partial charge < -0.3 is 8.37 Å². The van der Waals surface area contributed by atoms with E-state index in [9.17, 15) is 21.6 Å². The fourth-order valence-corrected chi connectivity index (χ4v) is 2.96. The highest BCUT2D eigenvalue weighted by molar-refractivity contribution is 7.86. The van der Waals surface area contributed by atoms with Gasteiger partial charge in [-0.25, -0.2) is 14.5 Å². The van der Waals surface area contributed by atoms with Gasteiger partial charge in [0.25, 0.3) is 0 Å². The summed E-state index contributed by atoms with van der Waals surface area (Å²) < 4.78 is 57.4. The predicted molar refractivity (Wildman–Crippen MR) is 92.9 cm³/mol. The molecule has 146 valence electrons. The van der Waals surface area contributed by atoms with Crippen LogP contribution in [0.15, 0.2) is 24.3 Å². The fourth-order valence-electron chi connectivity index (χ4n) is 1.80. The molecule has 2 rings (SSSR count). The van der Waals surface area contributed by atoms with Gasteiger partial charge in [0.2, 0.25) is 5.95 Å². The molecule has 0 fully saturated rings. The van der Waals surface area contributed by atoms with E-state index in [0.29, 0.717) is 11.6 Å². The minimum Gasteiger partial charge on any atom is -0.379 e. The van der Waals surface area contributed by atoms with Gasteiger partial charge in [0.05, 0.1) is 6.26 Å². The van der Waals surface area contributed by atoms with Gasteiger partial charge in [-0.3, -0.25) is 5.32 Å². The van der Waals surface area contributed by atoms with Crippen LogP contribution in [0.5, 0.6) is 11.5 Å². The average molecular weight is 417 g/mol. The first-order chi connectivity index (χ1) is 12.4. The Hall–Kier alpha value is -3.00. The number of hydrogen-bond donors (Lipinski definition) is 2. The third kappa shape index (κ3) is 6.67. The Morgan fingerprint density at radius 1 is 0.926 bits per heavy atom. The average Bonchev–Trinajstić information content (AvgIpc) is 2.45. The summed E-state index contributed by atoms with van der Waals surface area (Å²) in [5, 5.41) is 2.12. The van der Waals surface area contributed by atoms with Crippen molar-refractivity contribution in [1.29, 1.82) is 0 Å². The number of hydrogen-bond acceptors (Lipinski definition) is 10. The first-order valence-electron chi connectivity index (χ1n) is 7.14. The zero-order valence-corrected chi connectivity index (χ0v) is 16.0. The summed E-state index contributed by atoms with van der Waals surface area (Å²) in [5.74, 6) is -0.314. The molecule has 14 heteroatoms. The van der Waals surface area contributed by atoms with Crippen LogP contribution >= 0.6 is 0 Å². The molecule has 12 nitrogen and oxygen atoms in total. The maximum atomic E-state index is 12.0. The molecule has 0 bridgehead atoms. The van der Waals surface area contributed by atoms with E-state index in [-0.39, 0.29) is 11.7 Å². The molecule has 27 heavy (non-hydrogen) atoms. The van der Waals surface area contributed by atoms with Crippen LogP contribution in [0.4, 0.5) is 10.7 Å².